The summed E-state index contributed by atoms with van der Waals surface area (Å²) in [6, 6.07) is 9.45. The van der Waals surface area contributed by atoms with Crippen molar-refractivity contribution in [2.45, 2.75) is 32.4 Å². The molecule has 1 amide bonds. The molecule has 0 saturated carbocycles. The molecule has 4 heteroatoms. The van der Waals surface area contributed by atoms with E-state index in [1.165, 1.54) is 0 Å². The van der Waals surface area contributed by atoms with Gasteiger partial charge in [-0.25, -0.2) is 0 Å². The second-order valence-corrected chi connectivity index (χ2v) is 3.66. The Morgan fingerprint density at radius 3 is 2.44 bits per heavy atom. The van der Waals surface area contributed by atoms with E-state index in [9.17, 15) is 4.79 Å². The maximum absolute atomic E-state index is 11.5. The van der Waals surface area contributed by atoms with Crippen LogP contribution in [-0.2, 0) is 4.79 Å². The molecule has 0 bridgehead atoms. The Morgan fingerprint density at radius 1 is 1.38 bits per heavy atom. The summed E-state index contributed by atoms with van der Waals surface area (Å²) in [5.41, 5.74) is 6.72. The van der Waals surface area contributed by atoms with Crippen molar-refractivity contribution >= 4 is 18.3 Å². The van der Waals surface area contributed by atoms with Gasteiger partial charge >= 0.3 is 0 Å². The Morgan fingerprint density at radius 2 is 1.94 bits per heavy atom. The van der Waals surface area contributed by atoms with Crippen LogP contribution in [0.3, 0.4) is 0 Å². The van der Waals surface area contributed by atoms with Crippen molar-refractivity contribution in [3.8, 4) is 0 Å². The zero-order valence-corrected chi connectivity index (χ0v) is 10.5. The van der Waals surface area contributed by atoms with Crippen LogP contribution in [0.15, 0.2) is 30.3 Å². The quantitative estimate of drug-likeness (QED) is 0.849. The van der Waals surface area contributed by atoms with Gasteiger partial charge in [-0.05, 0) is 18.9 Å². The SMILES string of the molecule is CC[C@H](N)C(=O)N[C@H](C)c1ccccc1.Cl. The average Bonchev–Trinajstić information content (AvgIpc) is 2.29. The Labute approximate surface area is 103 Å². The molecule has 0 spiro atoms. The molecule has 0 aliphatic heterocycles. The van der Waals surface area contributed by atoms with Gasteiger partial charge in [-0.1, -0.05) is 37.3 Å². The van der Waals surface area contributed by atoms with Gasteiger partial charge in [-0.15, -0.1) is 12.4 Å². The first-order chi connectivity index (χ1) is 7.15. The fourth-order valence-corrected chi connectivity index (χ4v) is 1.33. The number of benzene rings is 1. The highest BCUT2D eigenvalue weighted by Gasteiger charge is 2.14. The van der Waals surface area contributed by atoms with Crippen molar-refractivity contribution in [1.82, 2.24) is 5.32 Å². The van der Waals surface area contributed by atoms with Gasteiger partial charge in [0.25, 0.3) is 0 Å². The van der Waals surface area contributed by atoms with Crippen LogP contribution in [0.5, 0.6) is 0 Å². The molecule has 1 aromatic carbocycles. The molecule has 3 N–H and O–H groups in total. The standard InChI is InChI=1S/C12H18N2O.ClH/c1-3-11(13)12(15)14-9(2)10-7-5-4-6-8-10;/h4-9,11H,3,13H2,1-2H3,(H,14,15);1H/t9-,11+;/m1./s1. The van der Waals surface area contributed by atoms with E-state index >= 15 is 0 Å². The summed E-state index contributed by atoms with van der Waals surface area (Å²) in [7, 11) is 0. The number of rotatable bonds is 4. The minimum absolute atomic E-state index is 0. The molecule has 0 saturated heterocycles. The van der Waals surface area contributed by atoms with Gasteiger partial charge in [0, 0.05) is 0 Å². The van der Waals surface area contributed by atoms with E-state index in [0.717, 1.165) is 5.56 Å². The van der Waals surface area contributed by atoms with Crippen molar-refractivity contribution in [3.63, 3.8) is 0 Å². The molecule has 2 atom stereocenters. The van der Waals surface area contributed by atoms with Gasteiger partial charge in [0.15, 0.2) is 0 Å². The van der Waals surface area contributed by atoms with Gasteiger partial charge in [0.05, 0.1) is 12.1 Å². The Bertz CT molecular complexity index is 316. The van der Waals surface area contributed by atoms with Crippen molar-refractivity contribution in [3.05, 3.63) is 35.9 Å². The molecule has 0 aromatic heterocycles. The van der Waals surface area contributed by atoms with E-state index in [4.69, 9.17) is 5.73 Å². The summed E-state index contributed by atoms with van der Waals surface area (Å²) < 4.78 is 0. The number of amides is 1. The summed E-state index contributed by atoms with van der Waals surface area (Å²) in [6.07, 6.45) is 0.660. The van der Waals surface area contributed by atoms with Crippen LogP contribution in [0.4, 0.5) is 0 Å². The van der Waals surface area contributed by atoms with Crippen molar-refractivity contribution in [1.29, 1.82) is 0 Å². The zero-order valence-electron chi connectivity index (χ0n) is 9.64. The van der Waals surface area contributed by atoms with Gasteiger partial charge in [-0.2, -0.15) is 0 Å². The lowest BCUT2D eigenvalue weighted by molar-refractivity contribution is -0.123. The summed E-state index contributed by atoms with van der Waals surface area (Å²) in [4.78, 5) is 11.5. The topological polar surface area (TPSA) is 55.1 Å². The predicted molar refractivity (Wildman–Crippen MR) is 68.5 cm³/mol. The summed E-state index contributed by atoms with van der Waals surface area (Å²) >= 11 is 0. The van der Waals surface area contributed by atoms with Crippen molar-refractivity contribution in [2.75, 3.05) is 0 Å². The number of halogens is 1. The fourth-order valence-electron chi connectivity index (χ4n) is 1.33. The van der Waals surface area contributed by atoms with Crippen molar-refractivity contribution < 1.29 is 4.79 Å². The highest BCUT2D eigenvalue weighted by atomic mass is 35.5. The Hall–Kier alpha value is -1.06. The van der Waals surface area contributed by atoms with E-state index in [1.807, 2.05) is 44.2 Å². The molecule has 90 valence electrons. The molecular weight excluding hydrogens is 224 g/mol. The molecule has 0 aliphatic rings. The lowest BCUT2D eigenvalue weighted by Crippen LogP contribution is -2.41. The molecular formula is C12H19ClN2O. The molecule has 16 heavy (non-hydrogen) atoms. The van der Waals surface area contributed by atoms with E-state index in [0.29, 0.717) is 6.42 Å². The van der Waals surface area contributed by atoms with Crippen LogP contribution < -0.4 is 11.1 Å². The van der Waals surface area contributed by atoms with Crippen LogP contribution in [0.1, 0.15) is 31.9 Å². The molecule has 3 nitrogen and oxygen atoms in total. The average molecular weight is 243 g/mol. The third-order valence-corrected chi connectivity index (χ3v) is 2.43. The van der Waals surface area contributed by atoms with Crippen LogP contribution >= 0.6 is 12.4 Å². The molecule has 0 unspecified atom stereocenters. The molecule has 0 fully saturated rings. The van der Waals surface area contributed by atoms with E-state index in [-0.39, 0.29) is 24.4 Å². The molecule has 1 aromatic rings. The smallest absolute Gasteiger partial charge is 0.237 e. The summed E-state index contributed by atoms with van der Waals surface area (Å²) in [6.45, 7) is 3.85. The monoisotopic (exact) mass is 242 g/mol. The molecule has 0 heterocycles. The summed E-state index contributed by atoms with van der Waals surface area (Å²) in [5.74, 6) is -0.0890. The highest BCUT2D eigenvalue weighted by molar-refractivity contribution is 5.85. The minimum Gasteiger partial charge on any atom is -0.348 e. The van der Waals surface area contributed by atoms with E-state index in [2.05, 4.69) is 5.32 Å². The first-order valence-electron chi connectivity index (χ1n) is 5.26. The molecule has 1 rings (SSSR count). The second-order valence-electron chi connectivity index (χ2n) is 3.66. The number of carbonyl (C=O) groups excluding carboxylic acids is 1. The maximum Gasteiger partial charge on any atom is 0.237 e. The van der Waals surface area contributed by atoms with Crippen LogP contribution in [-0.4, -0.2) is 11.9 Å². The lowest BCUT2D eigenvalue weighted by atomic mass is 10.1. The summed E-state index contributed by atoms with van der Waals surface area (Å²) in [5, 5.41) is 2.88. The Balaban J connectivity index is 0.00000225. The largest absolute Gasteiger partial charge is 0.348 e. The zero-order chi connectivity index (χ0) is 11.3. The first kappa shape index (κ1) is 14.9. The van der Waals surface area contributed by atoms with Gasteiger partial charge in [0.1, 0.15) is 0 Å². The number of nitrogens with two attached hydrogens (primary N) is 1. The van der Waals surface area contributed by atoms with Gasteiger partial charge in [0.2, 0.25) is 5.91 Å². The fraction of sp³-hybridized carbons (Fsp3) is 0.417. The number of hydrogen-bond acceptors (Lipinski definition) is 2. The molecule has 0 radical (unpaired) electrons. The van der Waals surface area contributed by atoms with E-state index < -0.39 is 6.04 Å². The van der Waals surface area contributed by atoms with E-state index in [1.54, 1.807) is 0 Å². The van der Waals surface area contributed by atoms with Crippen molar-refractivity contribution in [2.24, 2.45) is 5.73 Å². The number of carbonyl (C=O) groups is 1. The first-order valence-corrected chi connectivity index (χ1v) is 5.26. The third kappa shape index (κ3) is 4.21. The Kier molecular flexibility index (Phi) is 6.77. The van der Waals surface area contributed by atoms with Crippen LogP contribution in [0.25, 0.3) is 0 Å². The van der Waals surface area contributed by atoms with Gasteiger partial charge in [-0.3, -0.25) is 4.79 Å². The minimum atomic E-state index is -0.406. The predicted octanol–water partition coefficient (Wildman–Crippen LogP) is 2.02. The number of hydrogen-bond donors (Lipinski definition) is 2. The lowest BCUT2D eigenvalue weighted by Gasteiger charge is -2.16. The third-order valence-electron chi connectivity index (χ3n) is 2.43. The normalized spacial score (nSPS) is 13.4. The van der Waals surface area contributed by atoms with Crippen LogP contribution in [0.2, 0.25) is 0 Å². The molecule has 0 aliphatic carbocycles. The number of nitrogens with one attached hydrogen (secondary N) is 1. The highest BCUT2D eigenvalue weighted by Crippen LogP contribution is 2.11. The van der Waals surface area contributed by atoms with Gasteiger partial charge < -0.3 is 11.1 Å². The second kappa shape index (κ2) is 7.25. The maximum atomic E-state index is 11.5. The van der Waals surface area contributed by atoms with Crippen LogP contribution in [0, 0.1) is 0 Å².